The summed E-state index contributed by atoms with van der Waals surface area (Å²) in [6.07, 6.45) is 12.0. The van der Waals surface area contributed by atoms with Crippen molar-refractivity contribution in [3.05, 3.63) is 0 Å². The van der Waals surface area contributed by atoms with E-state index in [-0.39, 0.29) is 0 Å². The molecule has 0 aromatic carbocycles. The van der Waals surface area contributed by atoms with Gasteiger partial charge < -0.3 is 4.90 Å². The lowest BCUT2D eigenvalue weighted by molar-refractivity contribution is -0.119. The second-order valence-corrected chi connectivity index (χ2v) is 5.54. The van der Waals surface area contributed by atoms with Crippen molar-refractivity contribution in [3.8, 4) is 0 Å². The number of carbonyl (C=O) groups excluding carboxylic acids is 1. The fourth-order valence-electron chi connectivity index (χ4n) is 2.40. The van der Waals surface area contributed by atoms with E-state index < -0.39 is 0 Å². The molecular weight excluding hydrogens is 234 g/mol. The van der Waals surface area contributed by atoms with Gasteiger partial charge in [-0.3, -0.25) is 4.79 Å². The van der Waals surface area contributed by atoms with Crippen molar-refractivity contribution in [2.75, 3.05) is 19.6 Å². The minimum Gasteiger partial charge on any atom is -0.303 e. The fraction of sp³-hybridized carbons (Fsp3) is 0.941. The lowest BCUT2D eigenvalue weighted by atomic mass is 10.1. The third-order valence-corrected chi connectivity index (χ3v) is 3.91. The highest BCUT2D eigenvalue weighted by molar-refractivity contribution is 5.78. The number of unbranched alkanes of at least 4 members (excludes halogenated alkanes) is 7. The molecular formula is C17H35NO. The van der Waals surface area contributed by atoms with E-state index in [0.29, 0.717) is 5.78 Å². The zero-order valence-electron chi connectivity index (χ0n) is 13.5. The summed E-state index contributed by atoms with van der Waals surface area (Å²) >= 11 is 0. The second-order valence-electron chi connectivity index (χ2n) is 5.54. The van der Waals surface area contributed by atoms with Crippen LogP contribution in [0.15, 0.2) is 0 Å². The standard InChI is InChI=1S/C17H35NO/c1-4-7-8-9-10-11-12-13-14-17(19)15-16-18(5-2)6-3/h4-16H2,1-3H3. The van der Waals surface area contributed by atoms with Crippen molar-refractivity contribution < 1.29 is 4.79 Å². The molecule has 0 radical (unpaired) electrons. The molecule has 0 spiro atoms. The van der Waals surface area contributed by atoms with E-state index in [1.807, 2.05) is 0 Å². The maximum absolute atomic E-state index is 11.7. The van der Waals surface area contributed by atoms with Crippen LogP contribution in [0.5, 0.6) is 0 Å². The lowest BCUT2D eigenvalue weighted by Crippen LogP contribution is -2.25. The second kappa shape index (κ2) is 14.0. The summed E-state index contributed by atoms with van der Waals surface area (Å²) in [6.45, 7) is 9.63. The predicted molar refractivity (Wildman–Crippen MR) is 84.6 cm³/mol. The lowest BCUT2D eigenvalue weighted by Gasteiger charge is -2.16. The van der Waals surface area contributed by atoms with Gasteiger partial charge in [0.1, 0.15) is 5.78 Å². The molecule has 0 amide bonds. The van der Waals surface area contributed by atoms with Crippen LogP contribution < -0.4 is 0 Å². The van der Waals surface area contributed by atoms with Crippen molar-refractivity contribution >= 4 is 5.78 Å². The van der Waals surface area contributed by atoms with Gasteiger partial charge >= 0.3 is 0 Å². The highest BCUT2D eigenvalue weighted by Gasteiger charge is 2.05. The highest BCUT2D eigenvalue weighted by Crippen LogP contribution is 2.10. The van der Waals surface area contributed by atoms with E-state index in [4.69, 9.17) is 0 Å². The predicted octanol–water partition coefficient (Wildman–Crippen LogP) is 4.82. The number of hydrogen-bond acceptors (Lipinski definition) is 2. The van der Waals surface area contributed by atoms with Gasteiger partial charge in [-0.15, -0.1) is 0 Å². The molecule has 0 atom stereocenters. The zero-order chi connectivity index (χ0) is 14.3. The maximum Gasteiger partial charge on any atom is 0.134 e. The van der Waals surface area contributed by atoms with Crippen molar-refractivity contribution in [2.24, 2.45) is 0 Å². The molecule has 0 saturated carbocycles. The molecule has 0 rings (SSSR count). The summed E-state index contributed by atoms with van der Waals surface area (Å²) in [6, 6.07) is 0. The molecule has 2 heteroatoms. The third-order valence-electron chi connectivity index (χ3n) is 3.91. The van der Waals surface area contributed by atoms with Crippen molar-refractivity contribution in [3.63, 3.8) is 0 Å². The summed E-state index contributed by atoms with van der Waals surface area (Å²) in [4.78, 5) is 14.1. The molecule has 0 aromatic heterocycles. The normalized spacial score (nSPS) is 11.2. The molecule has 0 aliphatic carbocycles. The Balaban J connectivity index is 3.29. The molecule has 0 aromatic rings. The Morgan fingerprint density at radius 2 is 1.26 bits per heavy atom. The number of ketones is 1. The molecule has 0 bridgehead atoms. The van der Waals surface area contributed by atoms with E-state index in [1.54, 1.807) is 0 Å². The number of hydrogen-bond donors (Lipinski definition) is 0. The topological polar surface area (TPSA) is 20.3 Å². The Morgan fingerprint density at radius 3 is 1.79 bits per heavy atom. The van der Waals surface area contributed by atoms with E-state index in [9.17, 15) is 4.79 Å². The first-order valence-corrected chi connectivity index (χ1v) is 8.48. The number of rotatable bonds is 14. The summed E-state index contributed by atoms with van der Waals surface area (Å²) in [7, 11) is 0. The summed E-state index contributed by atoms with van der Waals surface area (Å²) in [5.41, 5.74) is 0. The van der Waals surface area contributed by atoms with Crippen LogP contribution in [0.3, 0.4) is 0 Å². The van der Waals surface area contributed by atoms with Crippen LogP contribution >= 0.6 is 0 Å². The molecule has 0 aliphatic heterocycles. The summed E-state index contributed by atoms with van der Waals surface area (Å²) < 4.78 is 0. The van der Waals surface area contributed by atoms with Gasteiger partial charge in [0, 0.05) is 19.4 Å². The minimum absolute atomic E-state index is 0.456. The largest absolute Gasteiger partial charge is 0.303 e. The first-order chi connectivity index (χ1) is 9.24. The first kappa shape index (κ1) is 18.6. The van der Waals surface area contributed by atoms with Gasteiger partial charge in [0.05, 0.1) is 0 Å². The molecule has 0 N–H and O–H groups in total. The van der Waals surface area contributed by atoms with Crippen LogP contribution in [0.1, 0.15) is 85.0 Å². The van der Waals surface area contributed by atoms with Gasteiger partial charge in [-0.05, 0) is 19.5 Å². The average Bonchev–Trinajstić information content (AvgIpc) is 2.43. The van der Waals surface area contributed by atoms with Crippen molar-refractivity contribution in [1.29, 1.82) is 0 Å². The van der Waals surface area contributed by atoms with E-state index >= 15 is 0 Å². The Morgan fingerprint density at radius 1 is 0.737 bits per heavy atom. The molecule has 0 saturated heterocycles. The Labute approximate surface area is 120 Å². The Hall–Kier alpha value is -0.370. The molecule has 0 heterocycles. The molecule has 19 heavy (non-hydrogen) atoms. The van der Waals surface area contributed by atoms with Gasteiger partial charge in [-0.1, -0.05) is 65.7 Å². The molecule has 0 aliphatic rings. The fourth-order valence-corrected chi connectivity index (χ4v) is 2.40. The van der Waals surface area contributed by atoms with Crippen LogP contribution in [0.25, 0.3) is 0 Å². The van der Waals surface area contributed by atoms with Crippen LogP contribution in [0.2, 0.25) is 0 Å². The zero-order valence-corrected chi connectivity index (χ0v) is 13.5. The number of carbonyl (C=O) groups is 1. The van der Waals surface area contributed by atoms with Crippen LogP contribution in [-0.2, 0) is 4.79 Å². The van der Waals surface area contributed by atoms with Crippen LogP contribution in [0.4, 0.5) is 0 Å². The molecule has 114 valence electrons. The molecule has 0 fully saturated rings. The van der Waals surface area contributed by atoms with Crippen LogP contribution in [0, 0.1) is 0 Å². The first-order valence-electron chi connectivity index (χ1n) is 8.48. The van der Waals surface area contributed by atoms with Gasteiger partial charge in [0.2, 0.25) is 0 Å². The smallest absolute Gasteiger partial charge is 0.134 e. The SMILES string of the molecule is CCCCCCCCCCC(=O)CCN(CC)CC. The van der Waals surface area contributed by atoms with E-state index in [2.05, 4.69) is 25.7 Å². The number of nitrogens with zero attached hydrogens (tertiary/aromatic N) is 1. The summed E-state index contributed by atoms with van der Waals surface area (Å²) in [5, 5.41) is 0. The molecule has 0 unspecified atom stereocenters. The average molecular weight is 269 g/mol. The summed E-state index contributed by atoms with van der Waals surface area (Å²) in [5.74, 6) is 0.456. The minimum atomic E-state index is 0.456. The van der Waals surface area contributed by atoms with Gasteiger partial charge in [-0.25, -0.2) is 0 Å². The maximum atomic E-state index is 11.7. The highest BCUT2D eigenvalue weighted by atomic mass is 16.1. The quantitative estimate of drug-likeness (QED) is 0.421. The van der Waals surface area contributed by atoms with E-state index in [1.165, 1.54) is 44.9 Å². The van der Waals surface area contributed by atoms with E-state index in [0.717, 1.165) is 38.9 Å². The number of Topliss-reactive ketones (excluding diaryl/α,β-unsaturated/α-hetero) is 1. The monoisotopic (exact) mass is 269 g/mol. The Kier molecular flexibility index (Phi) is 13.8. The van der Waals surface area contributed by atoms with Gasteiger partial charge in [0.15, 0.2) is 0 Å². The van der Waals surface area contributed by atoms with Crippen molar-refractivity contribution in [2.45, 2.75) is 85.0 Å². The molecule has 2 nitrogen and oxygen atoms in total. The van der Waals surface area contributed by atoms with Crippen LogP contribution in [-0.4, -0.2) is 30.3 Å². The van der Waals surface area contributed by atoms with Crippen molar-refractivity contribution in [1.82, 2.24) is 4.90 Å². The Bertz CT molecular complexity index is 199. The van der Waals surface area contributed by atoms with Gasteiger partial charge in [0.25, 0.3) is 0 Å². The van der Waals surface area contributed by atoms with Gasteiger partial charge in [-0.2, -0.15) is 0 Å². The third kappa shape index (κ3) is 12.4.